The van der Waals surface area contributed by atoms with Crippen molar-refractivity contribution in [3.8, 4) is 0 Å². The van der Waals surface area contributed by atoms with E-state index in [0.717, 1.165) is 51.4 Å². The maximum Gasteiger partial charge on any atom is 0.303 e. The summed E-state index contributed by atoms with van der Waals surface area (Å²) in [4.78, 5) is 34.0. The molecule has 0 heterocycles. The Morgan fingerprint density at radius 2 is 1.68 bits per heavy atom. The first-order chi connectivity index (χ1) is 16.2. The topological polar surface area (TPSA) is 89.9 Å². The highest BCUT2D eigenvalue weighted by Crippen LogP contribution is 2.70. The molecular weight excluding hydrogens is 432 g/mol. The van der Waals surface area contributed by atoms with Crippen LogP contribution in [0.15, 0.2) is 0 Å². The molecule has 4 rings (SSSR count). The second-order valence-electron chi connectivity index (χ2n) is 12.4. The maximum atomic E-state index is 11.8. The summed E-state index contributed by atoms with van der Waals surface area (Å²) in [5, 5.41) is 9.22. The number of ether oxygens (including phenoxy) is 2. The zero-order chi connectivity index (χ0) is 24.7. The summed E-state index contributed by atoms with van der Waals surface area (Å²) in [7, 11) is 0. The lowest BCUT2D eigenvalue weighted by molar-refractivity contribution is -0.213. The minimum absolute atomic E-state index is 0.0298. The molecule has 34 heavy (non-hydrogen) atoms. The van der Waals surface area contributed by atoms with E-state index in [9.17, 15) is 19.5 Å². The summed E-state index contributed by atoms with van der Waals surface area (Å²) in [6.07, 6.45) is 9.26. The average Bonchev–Trinajstić information content (AvgIpc) is 3.16. The van der Waals surface area contributed by atoms with Gasteiger partial charge in [0.05, 0.1) is 0 Å². The minimum Gasteiger partial charge on any atom is -0.481 e. The Bertz CT molecular complexity index is 768. The van der Waals surface area contributed by atoms with Gasteiger partial charge in [-0.1, -0.05) is 27.7 Å². The van der Waals surface area contributed by atoms with Crippen molar-refractivity contribution >= 4 is 18.9 Å². The Balaban J connectivity index is 1.66. The van der Waals surface area contributed by atoms with Gasteiger partial charge in [-0.05, 0) is 104 Å². The number of aliphatic carboxylic acids is 1. The van der Waals surface area contributed by atoms with E-state index in [1.165, 1.54) is 6.42 Å². The van der Waals surface area contributed by atoms with Crippen LogP contribution in [0.25, 0.3) is 0 Å². The number of hydrogen-bond acceptors (Lipinski definition) is 5. The van der Waals surface area contributed by atoms with Crippen LogP contribution in [0.3, 0.4) is 0 Å². The van der Waals surface area contributed by atoms with Crippen LogP contribution in [0.1, 0.15) is 91.9 Å². The molecule has 0 unspecified atom stereocenters. The molecular formula is C28H44O6. The number of carbonyl (C=O) groups excluding carboxylic acids is 2. The van der Waals surface area contributed by atoms with Gasteiger partial charge in [0, 0.05) is 12.3 Å². The molecule has 0 amide bonds. The van der Waals surface area contributed by atoms with Crippen molar-refractivity contribution in [3.05, 3.63) is 0 Å². The van der Waals surface area contributed by atoms with Crippen LogP contribution in [0, 0.1) is 52.3 Å². The van der Waals surface area contributed by atoms with Crippen molar-refractivity contribution < 1.29 is 29.0 Å². The first-order valence-electron chi connectivity index (χ1n) is 13.6. The van der Waals surface area contributed by atoms with Crippen molar-refractivity contribution in [2.24, 2.45) is 52.3 Å². The summed E-state index contributed by atoms with van der Waals surface area (Å²) in [6.45, 7) is 10.6. The lowest BCUT2D eigenvalue weighted by Gasteiger charge is -2.65. The molecule has 1 N–H and O–H groups in total. The first-order valence-corrected chi connectivity index (χ1v) is 13.6. The molecule has 4 fully saturated rings. The minimum atomic E-state index is -0.707. The van der Waals surface area contributed by atoms with Crippen LogP contribution in [0.4, 0.5) is 0 Å². The highest BCUT2D eigenvalue weighted by molar-refractivity contribution is 5.66. The van der Waals surface area contributed by atoms with Gasteiger partial charge < -0.3 is 14.6 Å². The van der Waals surface area contributed by atoms with Crippen molar-refractivity contribution in [1.29, 1.82) is 0 Å². The van der Waals surface area contributed by atoms with Crippen molar-refractivity contribution in [3.63, 3.8) is 0 Å². The van der Waals surface area contributed by atoms with Gasteiger partial charge in [-0.3, -0.25) is 14.4 Å². The number of carboxylic acid groups (broad SMARTS) is 1. The van der Waals surface area contributed by atoms with E-state index in [1.54, 1.807) is 0 Å². The third kappa shape index (κ3) is 4.07. The zero-order valence-corrected chi connectivity index (χ0v) is 21.4. The highest BCUT2D eigenvalue weighted by Gasteiger charge is 2.65. The summed E-state index contributed by atoms with van der Waals surface area (Å²) in [5.41, 5.74) is 0.341. The SMILES string of the molecule is CC[C@H]1[C@@H](OC=O)[C@@H]2[C@H](CC[C@]3(C)[C@@H]([C@H](C)CCC(=O)O)CC[C@@H]23)[C@@]2(C)CC[C@@H](OC=O)C[C@@H]12. The predicted octanol–water partition coefficient (Wildman–Crippen LogP) is 5.48. The third-order valence-corrected chi connectivity index (χ3v) is 11.4. The van der Waals surface area contributed by atoms with E-state index >= 15 is 0 Å². The largest absolute Gasteiger partial charge is 0.481 e. The smallest absolute Gasteiger partial charge is 0.303 e. The predicted molar refractivity (Wildman–Crippen MR) is 128 cm³/mol. The maximum absolute atomic E-state index is 11.8. The molecule has 4 saturated carbocycles. The molecule has 11 atom stereocenters. The molecule has 192 valence electrons. The average molecular weight is 477 g/mol. The number of carboxylic acids is 1. The van der Waals surface area contributed by atoms with Gasteiger partial charge in [0.2, 0.25) is 0 Å². The van der Waals surface area contributed by atoms with Crippen LogP contribution in [0.5, 0.6) is 0 Å². The molecule has 0 aromatic heterocycles. The number of hydrogen-bond donors (Lipinski definition) is 1. The normalized spacial score (nSPS) is 46.4. The fourth-order valence-corrected chi connectivity index (χ4v) is 9.89. The van der Waals surface area contributed by atoms with Crippen LogP contribution >= 0.6 is 0 Å². The lowest BCUT2D eigenvalue weighted by atomic mass is 9.41. The molecule has 6 nitrogen and oxygen atoms in total. The molecule has 4 aliphatic rings. The molecule has 6 heteroatoms. The monoisotopic (exact) mass is 476 g/mol. The molecule has 0 aliphatic heterocycles. The molecule has 0 saturated heterocycles. The van der Waals surface area contributed by atoms with E-state index in [-0.39, 0.29) is 35.4 Å². The molecule has 4 aliphatic carbocycles. The Kier molecular flexibility index (Phi) is 7.36. The van der Waals surface area contributed by atoms with Gasteiger partial charge in [-0.2, -0.15) is 0 Å². The van der Waals surface area contributed by atoms with Gasteiger partial charge in [0.1, 0.15) is 12.2 Å². The fourth-order valence-electron chi connectivity index (χ4n) is 9.89. The van der Waals surface area contributed by atoms with E-state index in [4.69, 9.17) is 9.47 Å². The Labute approximate surface area is 204 Å². The summed E-state index contributed by atoms with van der Waals surface area (Å²) in [5.74, 6) is 2.24. The number of fused-ring (bicyclic) bond motifs is 5. The molecule has 0 aromatic carbocycles. The first kappa shape index (κ1) is 25.5. The Morgan fingerprint density at radius 3 is 2.32 bits per heavy atom. The van der Waals surface area contributed by atoms with Gasteiger partial charge in [-0.15, -0.1) is 0 Å². The Morgan fingerprint density at radius 1 is 1.00 bits per heavy atom. The van der Waals surface area contributed by atoms with Crippen LogP contribution in [0.2, 0.25) is 0 Å². The molecule has 0 aromatic rings. The number of rotatable bonds is 9. The lowest BCUT2D eigenvalue weighted by Crippen LogP contribution is -2.62. The Hall–Kier alpha value is -1.59. The van der Waals surface area contributed by atoms with Crippen LogP contribution < -0.4 is 0 Å². The van der Waals surface area contributed by atoms with E-state index in [2.05, 4.69) is 27.7 Å². The van der Waals surface area contributed by atoms with Crippen molar-refractivity contribution in [2.75, 3.05) is 0 Å². The van der Waals surface area contributed by atoms with Gasteiger partial charge >= 0.3 is 5.97 Å². The van der Waals surface area contributed by atoms with Crippen LogP contribution in [-0.2, 0) is 23.9 Å². The van der Waals surface area contributed by atoms with Crippen molar-refractivity contribution in [1.82, 2.24) is 0 Å². The van der Waals surface area contributed by atoms with E-state index < -0.39 is 5.97 Å². The second kappa shape index (κ2) is 9.81. The standard InChI is InChI=1S/C28H44O6/c1-5-19-23-14-18(33-15-29)10-12-28(23,4)22-11-13-27(3)20(17(2)6-9-24(31)32)7-8-21(27)25(22)26(19)34-16-30/h15-23,25-26H,5-14H2,1-4H3,(H,31,32)/t17-,18-,19-,20-,21+,22+,23+,25+,26-,27-,28-/m1/s1. The van der Waals surface area contributed by atoms with Crippen LogP contribution in [-0.4, -0.2) is 36.2 Å². The van der Waals surface area contributed by atoms with E-state index in [0.29, 0.717) is 48.5 Å². The van der Waals surface area contributed by atoms with Gasteiger partial charge in [0.15, 0.2) is 0 Å². The number of carbonyl (C=O) groups is 3. The summed E-state index contributed by atoms with van der Waals surface area (Å²) >= 11 is 0. The molecule has 0 bridgehead atoms. The van der Waals surface area contributed by atoms with Gasteiger partial charge in [0.25, 0.3) is 12.9 Å². The summed E-state index contributed by atoms with van der Waals surface area (Å²) in [6, 6.07) is 0. The second-order valence-corrected chi connectivity index (χ2v) is 12.4. The molecule has 0 radical (unpaired) electrons. The van der Waals surface area contributed by atoms with E-state index in [1.807, 2.05) is 0 Å². The highest BCUT2D eigenvalue weighted by atomic mass is 16.5. The summed E-state index contributed by atoms with van der Waals surface area (Å²) < 4.78 is 11.4. The quantitative estimate of drug-likeness (QED) is 0.444. The third-order valence-electron chi connectivity index (χ3n) is 11.4. The fraction of sp³-hybridized carbons (Fsp3) is 0.893. The van der Waals surface area contributed by atoms with Gasteiger partial charge in [-0.25, -0.2) is 0 Å². The molecule has 0 spiro atoms. The van der Waals surface area contributed by atoms with Crippen molar-refractivity contribution in [2.45, 2.75) is 104 Å². The zero-order valence-electron chi connectivity index (χ0n) is 21.4.